The molecule has 30 heavy (non-hydrogen) atoms. The van der Waals surface area contributed by atoms with E-state index in [1.807, 2.05) is 18.2 Å². The van der Waals surface area contributed by atoms with Crippen LogP contribution in [0.5, 0.6) is 0 Å². The molecule has 0 aliphatic rings. The zero-order valence-corrected chi connectivity index (χ0v) is 19.2. The number of benzene rings is 2. The molecule has 0 saturated carbocycles. The third kappa shape index (κ3) is 6.21. The average molecular weight is 438 g/mol. The Bertz CT molecular complexity index is 1050. The summed E-state index contributed by atoms with van der Waals surface area (Å²) in [6.07, 6.45) is 6.70. The van der Waals surface area contributed by atoms with E-state index in [-0.39, 0.29) is 11.0 Å². The summed E-state index contributed by atoms with van der Waals surface area (Å²) in [5, 5.41) is 6.61. The minimum Gasteiger partial charge on any atom is -0.308 e. The van der Waals surface area contributed by atoms with Crippen molar-refractivity contribution in [3.8, 4) is 0 Å². The first-order valence-electron chi connectivity index (χ1n) is 10.2. The number of unbranched alkanes of at least 4 members (excludes halogenated alkanes) is 1. The Morgan fingerprint density at radius 1 is 1.20 bits per heavy atom. The van der Waals surface area contributed by atoms with E-state index in [0.717, 1.165) is 22.2 Å². The van der Waals surface area contributed by atoms with Crippen molar-refractivity contribution in [1.29, 1.82) is 0 Å². The van der Waals surface area contributed by atoms with Crippen molar-refractivity contribution < 1.29 is 4.79 Å². The number of hydrogen-bond donors (Lipinski definition) is 2. The lowest BCUT2D eigenvalue weighted by molar-refractivity contribution is -0.115. The quantitative estimate of drug-likeness (QED) is 0.337. The fourth-order valence-electron chi connectivity index (χ4n) is 3.00. The maximum Gasteiger partial charge on any atom is 0.250 e. The van der Waals surface area contributed by atoms with Gasteiger partial charge in [-0.15, -0.1) is 0 Å². The second kappa shape index (κ2) is 10.5. The molecular formula is C24H27N3OS2. The lowest BCUT2D eigenvalue weighted by Crippen LogP contribution is -2.32. The van der Waals surface area contributed by atoms with Crippen molar-refractivity contribution in [2.45, 2.75) is 46.0 Å². The number of carbonyl (C=O) groups is 1. The van der Waals surface area contributed by atoms with Gasteiger partial charge >= 0.3 is 0 Å². The third-order valence-electron chi connectivity index (χ3n) is 4.76. The molecule has 156 valence electrons. The summed E-state index contributed by atoms with van der Waals surface area (Å²) < 4.78 is 1.12. The van der Waals surface area contributed by atoms with Gasteiger partial charge in [0.25, 0.3) is 0 Å². The maximum atomic E-state index is 12.2. The van der Waals surface area contributed by atoms with Gasteiger partial charge in [0.2, 0.25) is 5.91 Å². The van der Waals surface area contributed by atoms with Gasteiger partial charge in [-0.25, -0.2) is 4.98 Å². The second-order valence-electron chi connectivity index (χ2n) is 7.52. The Kier molecular flexibility index (Phi) is 7.71. The monoisotopic (exact) mass is 437 g/mol. The van der Waals surface area contributed by atoms with Gasteiger partial charge in [0.05, 0.1) is 10.2 Å². The Labute approximate surface area is 187 Å². The molecule has 0 fully saturated rings. The average Bonchev–Trinajstić information content (AvgIpc) is 3.12. The number of thiocarbonyl (C=S) groups is 1. The first kappa shape index (κ1) is 22.1. The summed E-state index contributed by atoms with van der Waals surface area (Å²) in [5.41, 5.74) is 4.50. The fourth-order valence-corrected chi connectivity index (χ4v) is 4.20. The van der Waals surface area contributed by atoms with Crippen LogP contribution in [-0.2, 0) is 11.2 Å². The normalized spacial score (nSPS) is 11.3. The molecule has 6 heteroatoms. The van der Waals surface area contributed by atoms with E-state index >= 15 is 0 Å². The summed E-state index contributed by atoms with van der Waals surface area (Å²) in [6, 6.07) is 14.5. The summed E-state index contributed by atoms with van der Waals surface area (Å²) >= 11 is 6.80. The Morgan fingerprint density at radius 3 is 2.67 bits per heavy atom. The predicted molar refractivity (Wildman–Crippen MR) is 132 cm³/mol. The van der Waals surface area contributed by atoms with Crippen LogP contribution in [0.1, 0.15) is 56.2 Å². The first-order chi connectivity index (χ1) is 14.4. The van der Waals surface area contributed by atoms with Crippen molar-refractivity contribution in [2.75, 3.05) is 5.32 Å². The van der Waals surface area contributed by atoms with Crippen molar-refractivity contribution in [3.63, 3.8) is 0 Å². The number of anilines is 1. The number of carbonyl (C=O) groups excluding carboxylic acids is 1. The minimum absolute atomic E-state index is 0.241. The molecule has 0 unspecified atom stereocenters. The van der Waals surface area contributed by atoms with Gasteiger partial charge in [-0.1, -0.05) is 68.9 Å². The molecule has 0 aliphatic heterocycles. The smallest absolute Gasteiger partial charge is 0.250 e. The zero-order chi connectivity index (χ0) is 21.5. The predicted octanol–water partition coefficient (Wildman–Crippen LogP) is 6.29. The van der Waals surface area contributed by atoms with Crippen molar-refractivity contribution in [1.82, 2.24) is 10.3 Å². The zero-order valence-electron chi connectivity index (χ0n) is 17.6. The molecule has 1 heterocycles. The molecule has 1 aromatic heterocycles. The molecular weight excluding hydrogens is 410 g/mol. The molecule has 0 saturated heterocycles. The second-order valence-corrected chi connectivity index (χ2v) is 8.96. The van der Waals surface area contributed by atoms with Crippen LogP contribution in [-0.4, -0.2) is 16.0 Å². The topological polar surface area (TPSA) is 54.0 Å². The van der Waals surface area contributed by atoms with Crippen LogP contribution >= 0.6 is 23.6 Å². The van der Waals surface area contributed by atoms with Crippen LogP contribution in [0.4, 0.5) is 5.13 Å². The lowest BCUT2D eigenvalue weighted by Gasteiger charge is -2.05. The molecule has 0 aliphatic carbocycles. The van der Waals surface area contributed by atoms with E-state index in [2.05, 4.69) is 60.7 Å². The number of aromatic nitrogens is 1. The summed E-state index contributed by atoms with van der Waals surface area (Å²) in [5.74, 6) is 0.212. The lowest BCUT2D eigenvalue weighted by atomic mass is 10.0. The molecule has 3 aromatic rings. The Balaban J connectivity index is 1.56. The van der Waals surface area contributed by atoms with Crippen LogP contribution in [0.15, 0.2) is 48.5 Å². The molecule has 1 amide bonds. The number of amides is 1. The number of fused-ring (bicyclic) bond motifs is 1. The van der Waals surface area contributed by atoms with Gasteiger partial charge in [-0.2, -0.15) is 0 Å². The number of rotatable bonds is 7. The van der Waals surface area contributed by atoms with Gasteiger partial charge in [0.15, 0.2) is 10.2 Å². The first-order valence-corrected chi connectivity index (χ1v) is 11.5. The van der Waals surface area contributed by atoms with Crippen LogP contribution in [0, 0.1) is 0 Å². The highest BCUT2D eigenvalue weighted by Gasteiger charge is 2.08. The van der Waals surface area contributed by atoms with E-state index in [4.69, 9.17) is 12.2 Å². The number of nitrogens with one attached hydrogen (secondary N) is 2. The van der Waals surface area contributed by atoms with E-state index in [9.17, 15) is 4.79 Å². The molecule has 0 bridgehead atoms. The van der Waals surface area contributed by atoms with E-state index in [0.29, 0.717) is 11.0 Å². The highest BCUT2D eigenvalue weighted by Crippen LogP contribution is 2.27. The summed E-state index contributed by atoms with van der Waals surface area (Å²) in [4.78, 5) is 16.7. The van der Waals surface area contributed by atoms with E-state index in [1.54, 1.807) is 6.08 Å². The molecule has 2 aromatic carbocycles. The largest absolute Gasteiger partial charge is 0.308 e. The number of nitrogens with zero attached hydrogens (tertiary/aromatic N) is 1. The molecule has 0 spiro atoms. The molecule has 4 nitrogen and oxygen atoms in total. The third-order valence-corrected chi connectivity index (χ3v) is 5.90. The number of aryl methyl sites for hydroxylation is 1. The summed E-state index contributed by atoms with van der Waals surface area (Å²) in [6.45, 7) is 6.51. The molecule has 3 rings (SSSR count). The minimum atomic E-state index is -0.275. The molecule has 2 N–H and O–H groups in total. The molecule has 0 radical (unpaired) electrons. The van der Waals surface area contributed by atoms with E-state index in [1.165, 1.54) is 41.4 Å². The van der Waals surface area contributed by atoms with Gasteiger partial charge in [0, 0.05) is 6.08 Å². The fraction of sp³-hybridized carbons (Fsp3) is 0.292. The van der Waals surface area contributed by atoms with Crippen molar-refractivity contribution in [3.05, 3.63) is 65.2 Å². The van der Waals surface area contributed by atoms with Gasteiger partial charge in [0.1, 0.15) is 0 Å². The van der Waals surface area contributed by atoms with Crippen molar-refractivity contribution >= 4 is 56.0 Å². The maximum absolute atomic E-state index is 12.2. The SMILES string of the molecule is CCCCc1ccc2nc(NC(=S)NC(=O)/C=C/c3ccc(C(C)C)cc3)sc2c1. The molecule has 0 atom stereocenters. The van der Waals surface area contributed by atoms with Crippen LogP contribution in [0.25, 0.3) is 16.3 Å². The van der Waals surface area contributed by atoms with Gasteiger partial charge < -0.3 is 5.32 Å². The van der Waals surface area contributed by atoms with E-state index < -0.39 is 0 Å². The Morgan fingerprint density at radius 2 is 1.97 bits per heavy atom. The standard InChI is InChI=1S/C24H27N3OS2/c1-4-5-6-18-9-13-20-21(15-18)30-24(25-20)27-23(29)26-22(28)14-10-17-7-11-19(12-8-17)16(2)3/h7-16H,4-6H2,1-3H3,(H2,25,26,27,28,29)/b14-10+. The summed E-state index contributed by atoms with van der Waals surface area (Å²) in [7, 11) is 0. The number of thiazole rings is 1. The van der Waals surface area contributed by atoms with Crippen LogP contribution < -0.4 is 10.6 Å². The van der Waals surface area contributed by atoms with Gasteiger partial charge in [-0.05, 0) is 65.9 Å². The van der Waals surface area contributed by atoms with Crippen molar-refractivity contribution in [2.24, 2.45) is 0 Å². The van der Waals surface area contributed by atoms with Crippen LogP contribution in [0.2, 0.25) is 0 Å². The van der Waals surface area contributed by atoms with Gasteiger partial charge in [-0.3, -0.25) is 10.1 Å². The Hall–Kier alpha value is -2.57. The number of hydrogen-bond acceptors (Lipinski definition) is 4. The highest BCUT2D eigenvalue weighted by atomic mass is 32.1. The van der Waals surface area contributed by atoms with Crippen LogP contribution in [0.3, 0.4) is 0 Å². The highest BCUT2D eigenvalue weighted by molar-refractivity contribution is 7.80.